The molecule has 0 saturated heterocycles. The molecule has 1 atom stereocenters. The molecule has 0 aliphatic rings. The lowest BCUT2D eigenvalue weighted by molar-refractivity contribution is 0.573. The number of nitrogens with zero attached hydrogens (tertiary/aromatic N) is 1. The average molecular weight is 247 g/mol. The Kier molecular flexibility index (Phi) is 4.13. The minimum Gasteiger partial charge on any atom is -0.306 e. The highest BCUT2D eigenvalue weighted by atomic mass is 35.5. The maximum atomic E-state index is 6.10. The summed E-state index contributed by atoms with van der Waals surface area (Å²) in [5.41, 5.74) is 2.30. The van der Waals surface area contributed by atoms with Gasteiger partial charge in [-0.1, -0.05) is 35.9 Å². The summed E-state index contributed by atoms with van der Waals surface area (Å²) in [7, 11) is 0. The summed E-state index contributed by atoms with van der Waals surface area (Å²) in [6.07, 6.45) is 3.66. The maximum absolute atomic E-state index is 6.10. The van der Waals surface area contributed by atoms with Gasteiger partial charge in [0, 0.05) is 30.0 Å². The fourth-order valence-corrected chi connectivity index (χ4v) is 1.86. The molecule has 1 aromatic carbocycles. The number of hydrogen-bond acceptors (Lipinski definition) is 2. The molecule has 1 aromatic heterocycles. The molecule has 0 bridgehead atoms. The molecule has 0 saturated carbocycles. The smallest absolute Gasteiger partial charge is 0.0450 e. The molecule has 0 radical (unpaired) electrons. The number of rotatable bonds is 4. The number of benzene rings is 1. The molecular formula is C14H15ClN2. The Morgan fingerprint density at radius 2 is 2.06 bits per heavy atom. The quantitative estimate of drug-likeness (QED) is 0.892. The summed E-state index contributed by atoms with van der Waals surface area (Å²) in [5.74, 6) is 0. The molecule has 0 spiro atoms. The van der Waals surface area contributed by atoms with Gasteiger partial charge in [0.25, 0.3) is 0 Å². The minimum absolute atomic E-state index is 0.264. The lowest BCUT2D eigenvalue weighted by Crippen LogP contribution is -2.18. The third kappa shape index (κ3) is 3.29. The van der Waals surface area contributed by atoms with Crippen molar-refractivity contribution >= 4 is 11.6 Å². The van der Waals surface area contributed by atoms with E-state index in [1.807, 2.05) is 36.5 Å². The average Bonchev–Trinajstić information content (AvgIpc) is 2.38. The van der Waals surface area contributed by atoms with Crippen molar-refractivity contribution in [1.29, 1.82) is 0 Å². The summed E-state index contributed by atoms with van der Waals surface area (Å²) in [4.78, 5) is 4.11. The normalized spacial score (nSPS) is 12.4. The van der Waals surface area contributed by atoms with E-state index in [9.17, 15) is 0 Å². The Labute approximate surface area is 107 Å². The molecule has 0 aliphatic heterocycles. The second-order valence-electron chi connectivity index (χ2n) is 3.98. The van der Waals surface area contributed by atoms with Crippen molar-refractivity contribution in [3.8, 4) is 0 Å². The van der Waals surface area contributed by atoms with E-state index in [-0.39, 0.29) is 6.04 Å². The predicted octanol–water partition coefficient (Wildman–Crippen LogP) is 3.59. The first-order chi connectivity index (χ1) is 8.27. The van der Waals surface area contributed by atoms with Crippen LogP contribution in [0.3, 0.4) is 0 Å². The van der Waals surface area contributed by atoms with E-state index in [4.69, 9.17) is 11.6 Å². The lowest BCUT2D eigenvalue weighted by Gasteiger charge is -2.14. The molecule has 17 heavy (non-hydrogen) atoms. The van der Waals surface area contributed by atoms with Gasteiger partial charge in [-0.3, -0.25) is 4.98 Å². The molecule has 1 unspecified atom stereocenters. The zero-order chi connectivity index (χ0) is 12.1. The highest BCUT2D eigenvalue weighted by Crippen LogP contribution is 2.16. The fraction of sp³-hybridized carbons (Fsp3) is 0.214. The molecule has 0 fully saturated rings. The highest BCUT2D eigenvalue weighted by molar-refractivity contribution is 6.31. The first-order valence-corrected chi connectivity index (χ1v) is 6.02. The molecule has 2 nitrogen and oxygen atoms in total. The van der Waals surface area contributed by atoms with Gasteiger partial charge in [0.2, 0.25) is 0 Å². The number of hydrogen-bond donors (Lipinski definition) is 1. The van der Waals surface area contributed by atoms with Crippen molar-refractivity contribution in [3.05, 3.63) is 64.9 Å². The minimum atomic E-state index is 0.264. The Morgan fingerprint density at radius 3 is 2.76 bits per heavy atom. The van der Waals surface area contributed by atoms with E-state index < -0.39 is 0 Å². The first-order valence-electron chi connectivity index (χ1n) is 5.64. The van der Waals surface area contributed by atoms with E-state index in [2.05, 4.69) is 23.3 Å². The van der Waals surface area contributed by atoms with E-state index in [1.54, 1.807) is 6.20 Å². The second kappa shape index (κ2) is 5.80. The summed E-state index contributed by atoms with van der Waals surface area (Å²) in [6.45, 7) is 2.88. The largest absolute Gasteiger partial charge is 0.306 e. The molecule has 0 amide bonds. The maximum Gasteiger partial charge on any atom is 0.0450 e. The van der Waals surface area contributed by atoms with Crippen molar-refractivity contribution < 1.29 is 0 Å². The van der Waals surface area contributed by atoms with Crippen LogP contribution in [0.5, 0.6) is 0 Å². The summed E-state index contributed by atoms with van der Waals surface area (Å²) < 4.78 is 0. The van der Waals surface area contributed by atoms with Crippen LogP contribution < -0.4 is 5.32 Å². The van der Waals surface area contributed by atoms with Gasteiger partial charge in [-0.15, -0.1) is 0 Å². The van der Waals surface area contributed by atoms with E-state index in [1.165, 1.54) is 5.56 Å². The van der Waals surface area contributed by atoms with Gasteiger partial charge in [-0.05, 0) is 30.2 Å². The van der Waals surface area contributed by atoms with Crippen LogP contribution in [0.4, 0.5) is 0 Å². The van der Waals surface area contributed by atoms with Crippen molar-refractivity contribution in [2.75, 3.05) is 0 Å². The molecule has 0 aliphatic carbocycles. The third-order valence-electron chi connectivity index (χ3n) is 2.74. The molecule has 3 heteroatoms. The molecule has 2 aromatic rings. The number of pyridine rings is 1. The van der Waals surface area contributed by atoms with Gasteiger partial charge in [0.15, 0.2) is 0 Å². The Balaban J connectivity index is 1.97. The highest BCUT2D eigenvalue weighted by Gasteiger charge is 2.05. The van der Waals surface area contributed by atoms with E-state index in [0.29, 0.717) is 0 Å². The van der Waals surface area contributed by atoms with Crippen LogP contribution in [0.25, 0.3) is 0 Å². The molecule has 2 rings (SSSR count). The van der Waals surface area contributed by atoms with E-state index in [0.717, 1.165) is 17.1 Å². The van der Waals surface area contributed by atoms with E-state index >= 15 is 0 Å². The van der Waals surface area contributed by atoms with Gasteiger partial charge in [-0.25, -0.2) is 0 Å². The van der Waals surface area contributed by atoms with Crippen LogP contribution >= 0.6 is 11.6 Å². The van der Waals surface area contributed by atoms with Gasteiger partial charge < -0.3 is 5.32 Å². The van der Waals surface area contributed by atoms with Gasteiger partial charge in [-0.2, -0.15) is 0 Å². The van der Waals surface area contributed by atoms with Crippen LogP contribution in [0, 0.1) is 0 Å². The summed E-state index contributed by atoms with van der Waals surface area (Å²) in [6, 6.07) is 12.2. The third-order valence-corrected chi connectivity index (χ3v) is 3.11. The lowest BCUT2D eigenvalue weighted by atomic mass is 10.1. The Bertz CT molecular complexity index is 471. The molecule has 1 heterocycles. The van der Waals surface area contributed by atoms with Crippen molar-refractivity contribution in [1.82, 2.24) is 10.3 Å². The van der Waals surface area contributed by atoms with Crippen LogP contribution in [0.2, 0.25) is 5.02 Å². The van der Waals surface area contributed by atoms with Crippen molar-refractivity contribution in [3.63, 3.8) is 0 Å². The van der Waals surface area contributed by atoms with Crippen molar-refractivity contribution in [2.45, 2.75) is 19.5 Å². The Morgan fingerprint density at radius 1 is 1.24 bits per heavy atom. The summed E-state index contributed by atoms with van der Waals surface area (Å²) >= 11 is 6.10. The summed E-state index contributed by atoms with van der Waals surface area (Å²) in [5, 5.41) is 4.24. The standard InChI is InChI=1S/C14H15ClN2/c1-11(12-6-4-8-16-9-12)17-10-13-5-2-3-7-14(13)15/h2-9,11,17H,10H2,1H3. The number of aromatic nitrogens is 1. The van der Waals surface area contributed by atoms with Crippen LogP contribution in [0.15, 0.2) is 48.8 Å². The van der Waals surface area contributed by atoms with Gasteiger partial charge in [0.05, 0.1) is 0 Å². The number of halogens is 1. The molecule has 1 N–H and O–H groups in total. The van der Waals surface area contributed by atoms with Crippen LogP contribution in [-0.4, -0.2) is 4.98 Å². The van der Waals surface area contributed by atoms with Crippen molar-refractivity contribution in [2.24, 2.45) is 0 Å². The number of nitrogens with one attached hydrogen (secondary N) is 1. The fourth-order valence-electron chi connectivity index (χ4n) is 1.65. The van der Waals surface area contributed by atoms with Crippen LogP contribution in [-0.2, 0) is 6.54 Å². The molecular weight excluding hydrogens is 232 g/mol. The SMILES string of the molecule is CC(NCc1ccccc1Cl)c1cccnc1. The van der Waals surface area contributed by atoms with Crippen LogP contribution in [0.1, 0.15) is 24.1 Å². The topological polar surface area (TPSA) is 24.9 Å². The zero-order valence-electron chi connectivity index (χ0n) is 9.73. The second-order valence-corrected chi connectivity index (χ2v) is 4.39. The molecule has 88 valence electrons. The monoisotopic (exact) mass is 246 g/mol. The Hall–Kier alpha value is -1.38. The van der Waals surface area contributed by atoms with Gasteiger partial charge >= 0.3 is 0 Å². The zero-order valence-corrected chi connectivity index (χ0v) is 10.5. The van der Waals surface area contributed by atoms with Gasteiger partial charge in [0.1, 0.15) is 0 Å². The first kappa shape index (κ1) is 12.1. The predicted molar refractivity (Wildman–Crippen MR) is 70.9 cm³/mol.